The number of rotatable bonds is 5. The monoisotopic (exact) mass is 424 g/mol. The lowest BCUT2D eigenvalue weighted by atomic mass is 10.1. The first-order valence-corrected chi connectivity index (χ1v) is 9.57. The lowest BCUT2D eigenvalue weighted by Crippen LogP contribution is -2.28. The summed E-state index contributed by atoms with van der Waals surface area (Å²) >= 11 is 0. The van der Waals surface area contributed by atoms with Gasteiger partial charge in [-0.1, -0.05) is 0 Å². The Balaban J connectivity index is 1.53. The van der Waals surface area contributed by atoms with Crippen molar-refractivity contribution in [2.75, 3.05) is 10.2 Å². The zero-order valence-electron chi connectivity index (χ0n) is 16.6. The van der Waals surface area contributed by atoms with E-state index in [4.69, 9.17) is 0 Å². The van der Waals surface area contributed by atoms with Crippen LogP contribution in [0.5, 0.6) is 0 Å². The van der Waals surface area contributed by atoms with E-state index < -0.39 is 17.5 Å². The third-order valence-electron chi connectivity index (χ3n) is 5.02. The van der Waals surface area contributed by atoms with Crippen LogP contribution < -0.4 is 10.2 Å². The van der Waals surface area contributed by atoms with Gasteiger partial charge in [-0.15, -0.1) is 0 Å². The number of hydrogen-bond acceptors (Lipinski definition) is 4. The topological polar surface area (TPSA) is 84.3 Å². The van der Waals surface area contributed by atoms with Crippen LogP contribution in [0.4, 0.5) is 20.3 Å². The highest BCUT2D eigenvalue weighted by molar-refractivity contribution is 6.20. The molecule has 1 aromatic heterocycles. The van der Waals surface area contributed by atoms with Crippen molar-refractivity contribution in [3.63, 3.8) is 0 Å². The molecule has 0 spiro atoms. The summed E-state index contributed by atoms with van der Waals surface area (Å²) < 4.78 is 28.8. The Kier molecular flexibility index (Phi) is 5.33. The maximum absolute atomic E-state index is 14.0. The van der Waals surface area contributed by atoms with Crippen molar-refractivity contribution >= 4 is 29.2 Å². The molecule has 1 N–H and O–H groups in total. The van der Waals surface area contributed by atoms with Gasteiger partial charge in [-0.25, -0.2) is 13.5 Å². The Hall–Kier alpha value is -3.88. The lowest BCUT2D eigenvalue weighted by Gasteiger charge is -2.14. The van der Waals surface area contributed by atoms with E-state index >= 15 is 0 Å². The molecule has 0 saturated carbocycles. The Labute approximate surface area is 176 Å². The van der Waals surface area contributed by atoms with Crippen LogP contribution in [-0.2, 0) is 16.1 Å². The summed E-state index contributed by atoms with van der Waals surface area (Å²) in [6, 6.07) is 9.22. The predicted molar refractivity (Wildman–Crippen MR) is 109 cm³/mol. The molecule has 0 bridgehead atoms. The van der Waals surface area contributed by atoms with Crippen LogP contribution in [0.2, 0.25) is 0 Å². The number of hydrogen-bond donors (Lipinski definition) is 1. The van der Waals surface area contributed by atoms with Crippen molar-refractivity contribution in [1.29, 1.82) is 0 Å². The van der Waals surface area contributed by atoms with Gasteiger partial charge in [0.1, 0.15) is 17.5 Å². The summed E-state index contributed by atoms with van der Waals surface area (Å²) in [5.74, 6) is -1.79. The summed E-state index contributed by atoms with van der Waals surface area (Å²) in [6.07, 6.45) is 1.87. The largest absolute Gasteiger partial charge is 0.307 e. The number of carbonyl (C=O) groups excluding carboxylic acids is 3. The average Bonchev–Trinajstić information content (AvgIpc) is 3.26. The van der Waals surface area contributed by atoms with E-state index in [1.165, 1.54) is 35.1 Å². The van der Waals surface area contributed by atoms with Gasteiger partial charge in [-0.05, 0) is 49.4 Å². The molecule has 0 unspecified atom stereocenters. The Morgan fingerprint density at radius 3 is 2.42 bits per heavy atom. The van der Waals surface area contributed by atoms with Gasteiger partial charge < -0.3 is 5.32 Å². The Morgan fingerprint density at radius 1 is 1.06 bits per heavy atom. The second kappa shape index (κ2) is 8.10. The Bertz CT molecular complexity index is 1170. The Morgan fingerprint density at radius 2 is 1.74 bits per heavy atom. The van der Waals surface area contributed by atoms with Crippen LogP contribution in [0.25, 0.3) is 0 Å². The van der Waals surface area contributed by atoms with E-state index in [1.807, 2.05) is 0 Å². The summed E-state index contributed by atoms with van der Waals surface area (Å²) in [5, 5.41) is 6.88. The zero-order valence-corrected chi connectivity index (χ0v) is 16.6. The molecule has 4 rings (SSSR count). The van der Waals surface area contributed by atoms with Gasteiger partial charge in [-0.2, -0.15) is 5.10 Å². The number of aryl methyl sites for hydroxylation is 1. The summed E-state index contributed by atoms with van der Waals surface area (Å²) in [7, 11) is 0. The number of amides is 3. The molecule has 158 valence electrons. The van der Waals surface area contributed by atoms with Crippen LogP contribution in [0.1, 0.15) is 34.3 Å². The van der Waals surface area contributed by atoms with Gasteiger partial charge in [0.05, 0.1) is 18.4 Å². The highest BCUT2D eigenvalue weighted by Crippen LogP contribution is 2.24. The van der Waals surface area contributed by atoms with Crippen LogP contribution in [0.3, 0.4) is 0 Å². The van der Waals surface area contributed by atoms with Crippen LogP contribution in [0, 0.1) is 18.6 Å². The molecule has 1 aliphatic rings. The van der Waals surface area contributed by atoms with E-state index in [9.17, 15) is 23.2 Å². The molecular formula is C22H18F2N4O3. The second-order valence-electron chi connectivity index (χ2n) is 7.19. The minimum atomic E-state index is -0.576. The smallest absolute Gasteiger partial charge is 0.256 e. The van der Waals surface area contributed by atoms with Crippen LogP contribution >= 0.6 is 0 Å². The molecule has 3 aromatic rings. The average molecular weight is 424 g/mol. The zero-order chi connectivity index (χ0) is 22.1. The predicted octanol–water partition coefficient (Wildman–Crippen LogP) is 3.42. The molecule has 2 heterocycles. The maximum Gasteiger partial charge on any atom is 0.256 e. The number of benzene rings is 2. The van der Waals surface area contributed by atoms with E-state index in [2.05, 4.69) is 10.4 Å². The van der Waals surface area contributed by atoms with Crippen molar-refractivity contribution in [2.45, 2.75) is 26.3 Å². The maximum atomic E-state index is 14.0. The van der Waals surface area contributed by atoms with E-state index in [-0.39, 0.29) is 36.8 Å². The molecule has 2 aromatic carbocycles. The summed E-state index contributed by atoms with van der Waals surface area (Å²) in [4.78, 5) is 37.5. The van der Waals surface area contributed by atoms with Crippen molar-refractivity contribution in [1.82, 2.24) is 9.78 Å². The highest BCUT2D eigenvalue weighted by atomic mass is 19.1. The molecular weight excluding hydrogens is 406 g/mol. The first-order valence-electron chi connectivity index (χ1n) is 9.57. The molecule has 0 radical (unpaired) electrons. The van der Waals surface area contributed by atoms with E-state index in [0.29, 0.717) is 22.6 Å². The van der Waals surface area contributed by atoms with Gasteiger partial charge >= 0.3 is 0 Å². The highest BCUT2D eigenvalue weighted by Gasteiger charge is 2.30. The number of anilines is 2. The number of halogens is 2. The van der Waals surface area contributed by atoms with E-state index in [1.54, 1.807) is 6.92 Å². The first-order chi connectivity index (χ1) is 14.8. The molecule has 3 amide bonds. The van der Waals surface area contributed by atoms with Gasteiger partial charge in [0.2, 0.25) is 11.8 Å². The number of aromatic nitrogens is 2. The first kappa shape index (κ1) is 20.4. The molecule has 0 aliphatic carbocycles. The molecule has 31 heavy (non-hydrogen) atoms. The molecule has 0 atom stereocenters. The summed E-state index contributed by atoms with van der Waals surface area (Å²) in [5.41, 5.74) is 1.46. The third-order valence-corrected chi connectivity index (χ3v) is 5.02. The number of nitrogens with zero attached hydrogens (tertiary/aromatic N) is 3. The third kappa shape index (κ3) is 4.07. The molecule has 1 aliphatic heterocycles. The molecule has 1 saturated heterocycles. The fourth-order valence-electron chi connectivity index (χ4n) is 3.39. The number of carbonyl (C=O) groups is 3. The minimum absolute atomic E-state index is 0.0643. The quantitative estimate of drug-likeness (QED) is 0.636. The standard InChI is InChI=1S/C22H18F2N4O3/c1-13-11-25-27(12-15-10-16(23)4-7-18(15)24)21(13)26-22(31)14-2-5-17(6-3-14)28-19(29)8-9-20(28)30/h2-7,10-11H,8-9,12H2,1H3,(H,26,31). The SMILES string of the molecule is Cc1cnn(Cc2cc(F)ccc2F)c1NC(=O)c1ccc(N2C(=O)CCC2=O)cc1. The minimum Gasteiger partial charge on any atom is -0.307 e. The van der Waals surface area contributed by atoms with E-state index in [0.717, 1.165) is 23.1 Å². The van der Waals surface area contributed by atoms with Gasteiger partial charge in [0.15, 0.2) is 0 Å². The lowest BCUT2D eigenvalue weighted by molar-refractivity contribution is -0.121. The van der Waals surface area contributed by atoms with Crippen molar-refractivity contribution in [3.8, 4) is 0 Å². The second-order valence-corrected chi connectivity index (χ2v) is 7.19. The molecule has 9 heteroatoms. The van der Waals surface area contributed by atoms with Gasteiger partial charge in [0.25, 0.3) is 5.91 Å². The fraction of sp³-hybridized carbons (Fsp3) is 0.182. The fourth-order valence-corrected chi connectivity index (χ4v) is 3.39. The van der Waals surface area contributed by atoms with Crippen LogP contribution in [0.15, 0.2) is 48.7 Å². The normalized spacial score (nSPS) is 13.7. The summed E-state index contributed by atoms with van der Waals surface area (Å²) in [6.45, 7) is 1.67. The van der Waals surface area contributed by atoms with Crippen molar-refractivity contribution in [2.24, 2.45) is 0 Å². The number of nitrogens with one attached hydrogen (secondary N) is 1. The molecule has 1 fully saturated rings. The van der Waals surface area contributed by atoms with Crippen molar-refractivity contribution < 1.29 is 23.2 Å². The van der Waals surface area contributed by atoms with Crippen molar-refractivity contribution in [3.05, 3.63) is 77.0 Å². The number of imide groups is 1. The van der Waals surface area contributed by atoms with Gasteiger partial charge in [-0.3, -0.25) is 19.3 Å². The molecule has 7 nitrogen and oxygen atoms in total. The van der Waals surface area contributed by atoms with Crippen LogP contribution in [-0.4, -0.2) is 27.5 Å². The van der Waals surface area contributed by atoms with Gasteiger partial charge in [0, 0.05) is 29.5 Å².